The summed E-state index contributed by atoms with van der Waals surface area (Å²) in [6.07, 6.45) is 11.2. The van der Waals surface area contributed by atoms with Gasteiger partial charge in [0.15, 0.2) is 0 Å². The van der Waals surface area contributed by atoms with E-state index in [1.807, 2.05) is 0 Å². The van der Waals surface area contributed by atoms with Crippen molar-refractivity contribution in [2.45, 2.75) is 85.1 Å². The Morgan fingerprint density at radius 3 is 2.18 bits per heavy atom. The highest BCUT2D eigenvalue weighted by Crippen LogP contribution is 2.46. The van der Waals surface area contributed by atoms with Gasteiger partial charge in [0.1, 0.15) is 0 Å². The molecule has 1 aliphatic rings. The van der Waals surface area contributed by atoms with Crippen molar-refractivity contribution in [3.63, 3.8) is 0 Å². The zero-order valence-corrected chi connectivity index (χ0v) is 12.5. The number of hydrogen-bond donors (Lipinski definition) is 1. The van der Waals surface area contributed by atoms with Gasteiger partial charge in [0.2, 0.25) is 0 Å². The molecular formula is C16H33N. The molecule has 0 aliphatic heterocycles. The molecule has 1 N–H and O–H groups in total. The smallest absolute Gasteiger partial charge is 0.0149 e. The van der Waals surface area contributed by atoms with Gasteiger partial charge in [0, 0.05) is 6.04 Å². The van der Waals surface area contributed by atoms with E-state index in [1.54, 1.807) is 0 Å². The first kappa shape index (κ1) is 15.0. The molecule has 102 valence electrons. The molecule has 2 unspecified atom stereocenters. The molecule has 1 fully saturated rings. The van der Waals surface area contributed by atoms with Crippen molar-refractivity contribution in [1.29, 1.82) is 0 Å². The van der Waals surface area contributed by atoms with Crippen molar-refractivity contribution in [2.24, 2.45) is 11.3 Å². The maximum absolute atomic E-state index is 3.89. The Balaban J connectivity index is 2.71. The standard InChI is InChI=1S/C16H33N/c1-5-10-14(4)15(17-13-6-2)16(7-3)11-8-9-12-16/h14-15,17H,5-13H2,1-4H3. The van der Waals surface area contributed by atoms with Crippen LogP contribution >= 0.6 is 0 Å². The Morgan fingerprint density at radius 2 is 1.71 bits per heavy atom. The van der Waals surface area contributed by atoms with E-state index in [2.05, 4.69) is 33.0 Å². The summed E-state index contributed by atoms with van der Waals surface area (Å²) in [7, 11) is 0. The summed E-state index contributed by atoms with van der Waals surface area (Å²) >= 11 is 0. The monoisotopic (exact) mass is 239 g/mol. The second-order valence-electron chi connectivity index (χ2n) is 6.12. The molecule has 1 saturated carbocycles. The zero-order valence-electron chi connectivity index (χ0n) is 12.5. The topological polar surface area (TPSA) is 12.0 Å². The molecule has 0 aromatic carbocycles. The van der Waals surface area contributed by atoms with Gasteiger partial charge in [0.05, 0.1) is 0 Å². The molecule has 0 bridgehead atoms. The van der Waals surface area contributed by atoms with Gasteiger partial charge in [-0.3, -0.25) is 0 Å². The molecule has 0 amide bonds. The van der Waals surface area contributed by atoms with Gasteiger partial charge in [0.25, 0.3) is 0 Å². The lowest BCUT2D eigenvalue weighted by atomic mass is 9.70. The average molecular weight is 239 g/mol. The van der Waals surface area contributed by atoms with Crippen molar-refractivity contribution in [3.8, 4) is 0 Å². The van der Waals surface area contributed by atoms with Gasteiger partial charge in [-0.05, 0) is 50.0 Å². The minimum Gasteiger partial charge on any atom is -0.313 e. The van der Waals surface area contributed by atoms with Crippen LogP contribution in [-0.2, 0) is 0 Å². The molecule has 0 radical (unpaired) electrons. The van der Waals surface area contributed by atoms with Gasteiger partial charge >= 0.3 is 0 Å². The van der Waals surface area contributed by atoms with Gasteiger partial charge in [-0.25, -0.2) is 0 Å². The minimum absolute atomic E-state index is 0.615. The van der Waals surface area contributed by atoms with Gasteiger partial charge in [-0.15, -0.1) is 0 Å². The molecule has 0 saturated heterocycles. The van der Waals surface area contributed by atoms with Gasteiger partial charge < -0.3 is 5.32 Å². The van der Waals surface area contributed by atoms with Crippen molar-refractivity contribution in [1.82, 2.24) is 5.32 Å². The summed E-state index contributed by atoms with van der Waals surface area (Å²) in [4.78, 5) is 0. The van der Waals surface area contributed by atoms with Crippen LogP contribution in [0.4, 0.5) is 0 Å². The Hall–Kier alpha value is -0.0400. The van der Waals surface area contributed by atoms with Crippen LogP contribution in [0.3, 0.4) is 0 Å². The van der Waals surface area contributed by atoms with E-state index in [4.69, 9.17) is 0 Å². The van der Waals surface area contributed by atoms with Crippen LogP contribution in [0.5, 0.6) is 0 Å². The Kier molecular flexibility index (Phi) is 6.54. The fourth-order valence-corrected chi connectivity index (χ4v) is 3.91. The lowest BCUT2D eigenvalue weighted by Crippen LogP contribution is -2.48. The molecule has 1 nitrogen and oxygen atoms in total. The van der Waals surface area contributed by atoms with Crippen molar-refractivity contribution < 1.29 is 0 Å². The molecule has 1 heteroatoms. The van der Waals surface area contributed by atoms with E-state index in [9.17, 15) is 0 Å². The van der Waals surface area contributed by atoms with Gasteiger partial charge in [-0.1, -0.05) is 47.0 Å². The Morgan fingerprint density at radius 1 is 1.06 bits per heavy atom. The highest BCUT2D eigenvalue weighted by atomic mass is 14.9. The number of nitrogens with one attached hydrogen (secondary N) is 1. The third-order valence-electron chi connectivity index (χ3n) is 4.89. The Labute approximate surface area is 109 Å². The lowest BCUT2D eigenvalue weighted by molar-refractivity contribution is 0.134. The van der Waals surface area contributed by atoms with Crippen LogP contribution in [0.15, 0.2) is 0 Å². The Bertz CT molecular complexity index is 194. The van der Waals surface area contributed by atoms with Crippen molar-refractivity contribution >= 4 is 0 Å². The van der Waals surface area contributed by atoms with Gasteiger partial charge in [-0.2, -0.15) is 0 Å². The second-order valence-corrected chi connectivity index (χ2v) is 6.12. The van der Waals surface area contributed by atoms with E-state index in [0.29, 0.717) is 5.41 Å². The minimum atomic E-state index is 0.615. The molecule has 0 heterocycles. The number of hydrogen-bond acceptors (Lipinski definition) is 1. The predicted molar refractivity (Wildman–Crippen MR) is 77.3 cm³/mol. The zero-order chi connectivity index (χ0) is 12.7. The molecule has 0 aromatic rings. The highest BCUT2D eigenvalue weighted by Gasteiger charge is 2.41. The molecule has 2 atom stereocenters. The third-order valence-corrected chi connectivity index (χ3v) is 4.89. The summed E-state index contributed by atoms with van der Waals surface area (Å²) in [6, 6.07) is 0.759. The summed E-state index contributed by atoms with van der Waals surface area (Å²) in [6.45, 7) is 10.7. The van der Waals surface area contributed by atoms with E-state index in [1.165, 1.54) is 57.9 Å². The van der Waals surface area contributed by atoms with E-state index < -0.39 is 0 Å². The van der Waals surface area contributed by atoms with Crippen LogP contribution < -0.4 is 5.32 Å². The average Bonchev–Trinajstić information content (AvgIpc) is 2.80. The largest absolute Gasteiger partial charge is 0.313 e. The lowest BCUT2D eigenvalue weighted by Gasteiger charge is -2.41. The van der Waals surface area contributed by atoms with Crippen LogP contribution in [0.2, 0.25) is 0 Å². The molecular weight excluding hydrogens is 206 g/mol. The maximum Gasteiger partial charge on any atom is 0.0149 e. The van der Waals surface area contributed by atoms with E-state index >= 15 is 0 Å². The molecule has 17 heavy (non-hydrogen) atoms. The van der Waals surface area contributed by atoms with Crippen molar-refractivity contribution in [2.75, 3.05) is 6.54 Å². The summed E-state index contributed by atoms with van der Waals surface area (Å²) in [5.41, 5.74) is 0.615. The quantitative estimate of drug-likeness (QED) is 0.644. The van der Waals surface area contributed by atoms with E-state index in [-0.39, 0.29) is 0 Å². The van der Waals surface area contributed by atoms with Crippen LogP contribution in [0, 0.1) is 11.3 Å². The molecule has 0 aromatic heterocycles. The summed E-state index contributed by atoms with van der Waals surface area (Å²) in [5, 5.41) is 3.89. The van der Waals surface area contributed by atoms with E-state index in [0.717, 1.165) is 12.0 Å². The predicted octanol–water partition coefficient (Wildman–Crippen LogP) is 4.76. The van der Waals surface area contributed by atoms with Crippen LogP contribution in [0.25, 0.3) is 0 Å². The first-order valence-electron chi connectivity index (χ1n) is 7.93. The fourth-order valence-electron chi connectivity index (χ4n) is 3.91. The highest BCUT2D eigenvalue weighted by molar-refractivity contribution is 4.96. The summed E-state index contributed by atoms with van der Waals surface area (Å²) in [5.74, 6) is 0.838. The van der Waals surface area contributed by atoms with Crippen LogP contribution in [-0.4, -0.2) is 12.6 Å². The maximum atomic E-state index is 3.89. The molecule has 1 rings (SSSR count). The first-order valence-corrected chi connectivity index (χ1v) is 7.93. The SMILES string of the molecule is CCCNC(C(C)CCC)C1(CC)CCCC1. The molecule has 0 spiro atoms. The fraction of sp³-hybridized carbons (Fsp3) is 1.00. The molecule has 1 aliphatic carbocycles. The van der Waals surface area contributed by atoms with Crippen molar-refractivity contribution in [3.05, 3.63) is 0 Å². The normalized spacial score (nSPS) is 22.6. The third kappa shape index (κ3) is 3.71. The van der Waals surface area contributed by atoms with Crippen LogP contribution in [0.1, 0.15) is 79.1 Å². The number of rotatable bonds is 8. The summed E-state index contributed by atoms with van der Waals surface area (Å²) < 4.78 is 0. The second kappa shape index (κ2) is 7.41. The first-order chi connectivity index (χ1) is 8.20.